The average molecular weight is 324 g/mol. The van der Waals surface area contributed by atoms with Crippen LogP contribution in [0, 0.1) is 6.92 Å². The van der Waals surface area contributed by atoms with Gasteiger partial charge in [0.2, 0.25) is 0 Å². The molecule has 5 heteroatoms. The van der Waals surface area contributed by atoms with Crippen LogP contribution in [0.15, 0.2) is 52.2 Å². The number of furan rings is 1. The highest BCUT2D eigenvalue weighted by atomic mass is 16.5. The zero-order valence-electron chi connectivity index (χ0n) is 13.6. The molecule has 2 aliphatic heterocycles. The third kappa shape index (κ3) is 2.76. The van der Waals surface area contributed by atoms with Gasteiger partial charge in [0.25, 0.3) is 5.91 Å². The van der Waals surface area contributed by atoms with Gasteiger partial charge in [-0.1, -0.05) is 29.8 Å². The van der Waals surface area contributed by atoms with Crippen molar-refractivity contribution in [3.05, 3.63) is 59.5 Å². The molecule has 124 valence electrons. The second kappa shape index (κ2) is 6.24. The molecule has 0 spiro atoms. The molecule has 0 radical (unpaired) electrons. The minimum Gasteiger partial charge on any atom is -0.463 e. The van der Waals surface area contributed by atoms with Crippen LogP contribution in [0.1, 0.15) is 42.2 Å². The molecule has 1 amide bonds. The topological polar surface area (TPSA) is 55.0 Å². The lowest BCUT2D eigenvalue weighted by Gasteiger charge is -2.24. The van der Waals surface area contributed by atoms with Gasteiger partial charge in [-0.15, -0.1) is 0 Å². The fourth-order valence-electron chi connectivity index (χ4n) is 3.36. The van der Waals surface area contributed by atoms with Crippen molar-refractivity contribution in [3.63, 3.8) is 0 Å². The normalized spacial score (nSPS) is 23.5. The van der Waals surface area contributed by atoms with Crippen LogP contribution in [0.2, 0.25) is 0 Å². The van der Waals surface area contributed by atoms with E-state index in [2.05, 4.69) is 24.2 Å². The molecule has 5 nitrogen and oxygen atoms in total. The molecule has 0 N–H and O–H groups in total. The SMILES string of the molecule is Cc1cccc([C@@H]2CC(c3ccco3)=NN2C(=O)[C@@H]2CCCO2)c1. The Morgan fingerprint density at radius 3 is 2.92 bits per heavy atom. The third-order valence-corrected chi connectivity index (χ3v) is 4.57. The molecule has 2 aromatic rings. The van der Waals surface area contributed by atoms with E-state index in [9.17, 15) is 4.79 Å². The number of nitrogens with zero attached hydrogens (tertiary/aromatic N) is 2. The quantitative estimate of drug-likeness (QED) is 0.869. The Kier molecular flexibility index (Phi) is 3.94. The molecule has 1 saturated heterocycles. The van der Waals surface area contributed by atoms with Gasteiger partial charge in [-0.25, -0.2) is 5.01 Å². The molecule has 3 heterocycles. The molecule has 1 fully saturated rings. The molecule has 2 aliphatic rings. The lowest BCUT2D eigenvalue weighted by atomic mass is 9.99. The van der Waals surface area contributed by atoms with E-state index in [1.807, 2.05) is 24.3 Å². The Morgan fingerprint density at radius 2 is 2.21 bits per heavy atom. The average Bonchev–Trinajstić information content (AvgIpc) is 3.34. The molecule has 0 bridgehead atoms. The molecule has 0 unspecified atom stereocenters. The van der Waals surface area contributed by atoms with E-state index in [-0.39, 0.29) is 18.1 Å². The summed E-state index contributed by atoms with van der Waals surface area (Å²) in [4.78, 5) is 12.9. The third-order valence-electron chi connectivity index (χ3n) is 4.57. The van der Waals surface area contributed by atoms with Crippen molar-refractivity contribution < 1.29 is 13.9 Å². The van der Waals surface area contributed by atoms with Crippen LogP contribution in [-0.4, -0.2) is 29.3 Å². The molecule has 4 rings (SSSR count). The second-order valence-corrected chi connectivity index (χ2v) is 6.34. The highest BCUT2D eigenvalue weighted by Crippen LogP contribution is 2.34. The largest absolute Gasteiger partial charge is 0.463 e. The minimum atomic E-state index is -0.378. The maximum atomic E-state index is 12.9. The van der Waals surface area contributed by atoms with Crippen LogP contribution in [0.4, 0.5) is 0 Å². The monoisotopic (exact) mass is 324 g/mol. The van der Waals surface area contributed by atoms with Crippen molar-refractivity contribution in [2.45, 2.75) is 38.3 Å². The lowest BCUT2D eigenvalue weighted by Crippen LogP contribution is -2.35. The molecule has 1 aromatic carbocycles. The van der Waals surface area contributed by atoms with Crippen molar-refractivity contribution >= 4 is 11.6 Å². The number of hydrogen-bond acceptors (Lipinski definition) is 4. The van der Waals surface area contributed by atoms with Crippen LogP contribution in [0.25, 0.3) is 0 Å². The van der Waals surface area contributed by atoms with Crippen molar-refractivity contribution in [3.8, 4) is 0 Å². The van der Waals surface area contributed by atoms with E-state index in [4.69, 9.17) is 9.15 Å². The Hall–Kier alpha value is -2.40. The fraction of sp³-hybridized carbons (Fsp3) is 0.368. The highest BCUT2D eigenvalue weighted by Gasteiger charge is 2.38. The van der Waals surface area contributed by atoms with E-state index in [0.717, 1.165) is 29.9 Å². The Labute approximate surface area is 140 Å². The first-order chi connectivity index (χ1) is 11.7. The number of hydrazone groups is 1. The molecule has 24 heavy (non-hydrogen) atoms. The number of carbonyl (C=O) groups is 1. The van der Waals surface area contributed by atoms with Gasteiger partial charge in [0, 0.05) is 13.0 Å². The number of amides is 1. The molecule has 0 aliphatic carbocycles. The predicted octanol–water partition coefficient (Wildman–Crippen LogP) is 3.44. The molecule has 2 atom stereocenters. The summed E-state index contributed by atoms with van der Waals surface area (Å²) in [6.45, 7) is 2.70. The van der Waals surface area contributed by atoms with Crippen LogP contribution in [0.5, 0.6) is 0 Å². The number of aryl methyl sites for hydroxylation is 1. The fourth-order valence-corrected chi connectivity index (χ4v) is 3.36. The van der Waals surface area contributed by atoms with E-state index in [1.54, 1.807) is 11.3 Å². The zero-order valence-corrected chi connectivity index (χ0v) is 13.6. The van der Waals surface area contributed by atoms with Gasteiger partial charge in [-0.2, -0.15) is 5.10 Å². The number of carbonyl (C=O) groups excluding carboxylic acids is 1. The number of rotatable bonds is 3. The summed E-state index contributed by atoms with van der Waals surface area (Å²) < 4.78 is 11.1. The highest BCUT2D eigenvalue weighted by molar-refractivity contribution is 6.01. The molecular weight excluding hydrogens is 304 g/mol. The summed E-state index contributed by atoms with van der Waals surface area (Å²) in [6.07, 6.45) is 3.59. The summed E-state index contributed by atoms with van der Waals surface area (Å²) in [5.74, 6) is 0.663. The summed E-state index contributed by atoms with van der Waals surface area (Å²) in [7, 11) is 0. The zero-order chi connectivity index (χ0) is 16.5. The summed E-state index contributed by atoms with van der Waals surface area (Å²) >= 11 is 0. The number of benzene rings is 1. The first kappa shape index (κ1) is 15.1. The van der Waals surface area contributed by atoms with Crippen molar-refractivity contribution in [2.75, 3.05) is 6.61 Å². The van der Waals surface area contributed by atoms with E-state index in [0.29, 0.717) is 13.0 Å². The summed E-state index contributed by atoms with van der Waals surface area (Å²) in [5, 5.41) is 6.19. The van der Waals surface area contributed by atoms with E-state index in [1.165, 1.54) is 5.56 Å². The summed E-state index contributed by atoms with van der Waals surface area (Å²) in [6, 6.07) is 11.8. The van der Waals surface area contributed by atoms with Crippen LogP contribution in [0.3, 0.4) is 0 Å². The molecule has 1 aromatic heterocycles. The smallest absolute Gasteiger partial charge is 0.272 e. The van der Waals surface area contributed by atoms with Crippen molar-refractivity contribution in [1.82, 2.24) is 5.01 Å². The maximum absolute atomic E-state index is 12.9. The van der Waals surface area contributed by atoms with Gasteiger partial charge >= 0.3 is 0 Å². The molecule has 0 saturated carbocycles. The minimum absolute atomic E-state index is 0.0550. The van der Waals surface area contributed by atoms with Gasteiger partial charge in [0.05, 0.1) is 12.3 Å². The molecular formula is C19H20N2O3. The van der Waals surface area contributed by atoms with Gasteiger partial charge < -0.3 is 9.15 Å². The Balaban J connectivity index is 1.67. The van der Waals surface area contributed by atoms with Crippen LogP contribution in [-0.2, 0) is 9.53 Å². The van der Waals surface area contributed by atoms with Crippen molar-refractivity contribution in [1.29, 1.82) is 0 Å². The van der Waals surface area contributed by atoms with Crippen LogP contribution >= 0.6 is 0 Å². The van der Waals surface area contributed by atoms with E-state index >= 15 is 0 Å². The second-order valence-electron chi connectivity index (χ2n) is 6.34. The first-order valence-electron chi connectivity index (χ1n) is 8.35. The van der Waals surface area contributed by atoms with Gasteiger partial charge in [0.1, 0.15) is 17.6 Å². The van der Waals surface area contributed by atoms with Gasteiger partial charge in [-0.3, -0.25) is 4.79 Å². The number of hydrogen-bond donors (Lipinski definition) is 0. The maximum Gasteiger partial charge on any atom is 0.272 e. The summed E-state index contributed by atoms with van der Waals surface area (Å²) in [5.41, 5.74) is 3.06. The Bertz CT molecular complexity index is 761. The van der Waals surface area contributed by atoms with E-state index < -0.39 is 0 Å². The van der Waals surface area contributed by atoms with Crippen LogP contribution < -0.4 is 0 Å². The van der Waals surface area contributed by atoms with Gasteiger partial charge in [0.15, 0.2) is 0 Å². The predicted molar refractivity (Wildman–Crippen MR) is 89.6 cm³/mol. The Morgan fingerprint density at radius 1 is 1.29 bits per heavy atom. The lowest BCUT2D eigenvalue weighted by molar-refractivity contribution is -0.142. The van der Waals surface area contributed by atoms with Gasteiger partial charge in [-0.05, 0) is 37.5 Å². The standard InChI is InChI=1S/C19H20N2O3/c1-13-5-2-6-14(11-13)16-12-15(17-7-3-9-23-17)20-21(16)19(22)18-8-4-10-24-18/h2-3,5-7,9,11,16,18H,4,8,10,12H2,1H3/t16-,18-/m0/s1. The number of ether oxygens (including phenoxy) is 1. The first-order valence-corrected chi connectivity index (χ1v) is 8.35. The van der Waals surface area contributed by atoms with Crippen molar-refractivity contribution in [2.24, 2.45) is 5.10 Å².